The summed E-state index contributed by atoms with van der Waals surface area (Å²) in [5.41, 5.74) is 4.98. The number of urea groups is 1. The molecule has 2 aliphatic heterocycles. The first-order valence-electron chi connectivity index (χ1n) is 10.1. The maximum Gasteiger partial charge on any atom is 0.322 e. The van der Waals surface area contributed by atoms with E-state index < -0.39 is 11.6 Å². The predicted molar refractivity (Wildman–Crippen MR) is 114 cm³/mol. The molecule has 3 aromatic carbocycles. The van der Waals surface area contributed by atoms with Crippen molar-refractivity contribution in [1.29, 1.82) is 0 Å². The van der Waals surface area contributed by atoms with Crippen molar-refractivity contribution in [3.63, 3.8) is 0 Å². The highest BCUT2D eigenvalue weighted by molar-refractivity contribution is 6.01. The zero-order valence-corrected chi connectivity index (χ0v) is 16.7. The first-order valence-corrected chi connectivity index (χ1v) is 10.1. The molecule has 2 aliphatic rings. The molecule has 0 saturated carbocycles. The van der Waals surface area contributed by atoms with Gasteiger partial charge in [0.1, 0.15) is 0 Å². The fourth-order valence-corrected chi connectivity index (χ4v) is 4.21. The van der Waals surface area contributed by atoms with Gasteiger partial charge in [0.05, 0.1) is 11.2 Å². The number of benzene rings is 3. The molecule has 0 unspecified atom stereocenters. The largest absolute Gasteiger partial charge is 0.454 e. The van der Waals surface area contributed by atoms with Gasteiger partial charge in [0.15, 0.2) is 23.1 Å². The van der Waals surface area contributed by atoms with E-state index in [-0.39, 0.29) is 12.8 Å². The molecule has 4 aromatic rings. The number of anilines is 1. The van der Waals surface area contributed by atoms with Crippen LogP contribution in [0.1, 0.15) is 11.1 Å². The van der Waals surface area contributed by atoms with Gasteiger partial charge in [-0.1, -0.05) is 18.2 Å². The molecule has 0 atom stereocenters. The number of halogens is 2. The van der Waals surface area contributed by atoms with Crippen LogP contribution in [0.4, 0.5) is 19.3 Å². The topological polar surface area (TPSA) is 66.6 Å². The highest BCUT2D eigenvalue weighted by Crippen LogP contribution is 2.37. The summed E-state index contributed by atoms with van der Waals surface area (Å²) in [4.78, 5) is 17.4. The van der Waals surface area contributed by atoms with Crippen LogP contribution in [0.5, 0.6) is 11.5 Å². The molecule has 3 heterocycles. The van der Waals surface area contributed by atoms with Gasteiger partial charge in [0.25, 0.3) is 0 Å². The van der Waals surface area contributed by atoms with Gasteiger partial charge in [0.2, 0.25) is 6.79 Å². The molecule has 0 aliphatic carbocycles. The van der Waals surface area contributed by atoms with Crippen LogP contribution in [0.25, 0.3) is 22.0 Å². The Hall–Kier alpha value is -4.07. The number of amides is 2. The molecule has 0 bridgehead atoms. The SMILES string of the molecule is O=C(Nc1c[nH]c2cc(F)c(F)cc12)N1Cc2ccc(-c3ccc4c(c3)OCO4)cc2C1. The van der Waals surface area contributed by atoms with Gasteiger partial charge in [0, 0.05) is 30.7 Å². The molecule has 160 valence electrons. The van der Waals surface area contributed by atoms with Crippen LogP contribution in [0.15, 0.2) is 54.7 Å². The normalized spacial score (nSPS) is 14.1. The number of fused-ring (bicyclic) bond motifs is 3. The molecule has 2 amide bonds. The third-order valence-corrected chi connectivity index (χ3v) is 5.89. The third-order valence-electron chi connectivity index (χ3n) is 5.89. The molecule has 32 heavy (non-hydrogen) atoms. The minimum atomic E-state index is -0.961. The molecule has 6 rings (SSSR count). The van der Waals surface area contributed by atoms with Crippen molar-refractivity contribution in [2.24, 2.45) is 0 Å². The maximum absolute atomic E-state index is 13.6. The zero-order valence-electron chi connectivity index (χ0n) is 16.7. The Morgan fingerprint density at radius 1 is 0.906 bits per heavy atom. The first-order chi connectivity index (χ1) is 15.5. The molecule has 8 heteroatoms. The number of nitrogens with one attached hydrogen (secondary N) is 2. The van der Waals surface area contributed by atoms with Crippen molar-refractivity contribution in [1.82, 2.24) is 9.88 Å². The zero-order chi connectivity index (χ0) is 21.8. The van der Waals surface area contributed by atoms with Crippen molar-refractivity contribution >= 4 is 22.6 Å². The van der Waals surface area contributed by atoms with E-state index >= 15 is 0 Å². The Kier molecular flexibility index (Phi) is 4.07. The van der Waals surface area contributed by atoms with Gasteiger partial charge in [-0.2, -0.15) is 0 Å². The molecular formula is C24H17F2N3O3. The number of hydrogen-bond donors (Lipinski definition) is 2. The van der Waals surface area contributed by atoms with Gasteiger partial charge < -0.3 is 24.7 Å². The van der Waals surface area contributed by atoms with E-state index in [2.05, 4.69) is 16.4 Å². The van der Waals surface area contributed by atoms with Crippen molar-refractivity contribution in [3.8, 4) is 22.6 Å². The van der Waals surface area contributed by atoms with Gasteiger partial charge in [-0.25, -0.2) is 13.6 Å². The fraction of sp³-hybridized carbons (Fsp3) is 0.125. The Balaban J connectivity index is 1.21. The second kappa shape index (κ2) is 6.98. The average molecular weight is 433 g/mol. The van der Waals surface area contributed by atoms with Crippen molar-refractivity contribution in [2.75, 3.05) is 12.1 Å². The van der Waals surface area contributed by atoms with Crippen LogP contribution in [-0.2, 0) is 13.1 Å². The van der Waals surface area contributed by atoms with E-state index in [0.717, 1.165) is 45.9 Å². The monoisotopic (exact) mass is 433 g/mol. The summed E-state index contributed by atoms with van der Waals surface area (Å²) >= 11 is 0. The molecule has 2 N–H and O–H groups in total. The predicted octanol–water partition coefficient (Wildman–Crippen LogP) is 5.39. The quantitative estimate of drug-likeness (QED) is 0.446. The second-order valence-corrected chi connectivity index (χ2v) is 7.85. The van der Waals surface area contributed by atoms with Crippen LogP contribution in [0.3, 0.4) is 0 Å². The Bertz CT molecular complexity index is 1400. The van der Waals surface area contributed by atoms with Crippen LogP contribution in [0.2, 0.25) is 0 Å². The number of rotatable bonds is 2. The highest BCUT2D eigenvalue weighted by atomic mass is 19.2. The molecule has 0 radical (unpaired) electrons. The number of carbonyl (C=O) groups is 1. The first kappa shape index (κ1) is 18.7. The number of aromatic amines is 1. The lowest BCUT2D eigenvalue weighted by atomic mass is 10.0. The molecule has 0 saturated heterocycles. The van der Waals surface area contributed by atoms with E-state index in [0.29, 0.717) is 29.7 Å². The van der Waals surface area contributed by atoms with Crippen LogP contribution in [-0.4, -0.2) is 22.7 Å². The number of nitrogens with zero attached hydrogens (tertiary/aromatic N) is 1. The second-order valence-electron chi connectivity index (χ2n) is 7.85. The van der Waals surface area contributed by atoms with Gasteiger partial charge in [-0.05, 0) is 46.5 Å². The molecule has 6 nitrogen and oxygen atoms in total. The third kappa shape index (κ3) is 3.03. The number of carbonyl (C=O) groups excluding carboxylic acids is 1. The highest BCUT2D eigenvalue weighted by Gasteiger charge is 2.25. The van der Waals surface area contributed by atoms with E-state index in [9.17, 15) is 13.6 Å². The number of hydrogen-bond acceptors (Lipinski definition) is 3. The van der Waals surface area contributed by atoms with Crippen LogP contribution >= 0.6 is 0 Å². The van der Waals surface area contributed by atoms with E-state index in [1.54, 1.807) is 4.90 Å². The standard InChI is InChI=1S/C24H17F2N3O3/c25-18-7-17-20(8-19(18)26)27-9-21(17)28-24(30)29-10-15-2-1-13(5-16(15)11-29)14-3-4-22-23(6-14)32-12-31-22/h1-9,27H,10-12H2,(H,28,30). The molecule has 0 spiro atoms. The molecule has 1 aromatic heterocycles. The van der Waals surface area contributed by atoms with E-state index in [1.165, 1.54) is 6.20 Å². The summed E-state index contributed by atoms with van der Waals surface area (Å²) in [6.07, 6.45) is 1.53. The molecule has 0 fully saturated rings. The smallest absolute Gasteiger partial charge is 0.322 e. The van der Waals surface area contributed by atoms with E-state index in [1.807, 2.05) is 30.3 Å². The Morgan fingerprint density at radius 3 is 2.56 bits per heavy atom. The maximum atomic E-state index is 13.6. The summed E-state index contributed by atoms with van der Waals surface area (Å²) in [6, 6.07) is 13.8. The lowest BCUT2D eigenvalue weighted by molar-refractivity contribution is 0.174. The van der Waals surface area contributed by atoms with Gasteiger partial charge in [-0.3, -0.25) is 0 Å². The van der Waals surface area contributed by atoms with E-state index in [4.69, 9.17) is 9.47 Å². The lowest BCUT2D eigenvalue weighted by Crippen LogP contribution is -2.30. The number of H-pyrrole nitrogens is 1. The minimum Gasteiger partial charge on any atom is -0.454 e. The lowest BCUT2D eigenvalue weighted by Gasteiger charge is -2.16. The number of ether oxygens (including phenoxy) is 2. The summed E-state index contributed by atoms with van der Waals surface area (Å²) in [5, 5.41) is 3.21. The van der Waals surface area contributed by atoms with Crippen LogP contribution in [0, 0.1) is 11.6 Å². The molecular weight excluding hydrogens is 416 g/mol. The van der Waals surface area contributed by atoms with Crippen molar-refractivity contribution in [3.05, 3.63) is 77.5 Å². The summed E-state index contributed by atoms with van der Waals surface area (Å²) in [6.45, 7) is 1.14. The minimum absolute atomic E-state index is 0.227. The van der Waals surface area contributed by atoms with Crippen molar-refractivity contribution in [2.45, 2.75) is 13.1 Å². The van der Waals surface area contributed by atoms with Gasteiger partial charge in [-0.15, -0.1) is 0 Å². The van der Waals surface area contributed by atoms with Crippen LogP contribution < -0.4 is 14.8 Å². The van der Waals surface area contributed by atoms with Crippen molar-refractivity contribution < 1.29 is 23.0 Å². The Labute approximate surface area is 181 Å². The Morgan fingerprint density at radius 2 is 1.66 bits per heavy atom. The van der Waals surface area contributed by atoms with Gasteiger partial charge >= 0.3 is 6.03 Å². The average Bonchev–Trinajstić information content (AvgIpc) is 3.52. The summed E-state index contributed by atoms with van der Waals surface area (Å²) < 4.78 is 37.9. The summed E-state index contributed by atoms with van der Waals surface area (Å²) in [5.74, 6) is -0.445. The fourth-order valence-electron chi connectivity index (χ4n) is 4.21. The summed E-state index contributed by atoms with van der Waals surface area (Å²) in [7, 11) is 0. The number of aromatic nitrogens is 1.